The number of benzene rings is 1. The molecule has 3 unspecified atom stereocenters. The zero-order chi connectivity index (χ0) is 12.7. The minimum absolute atomic E-state index is 0.128. The van der Waals surface area contributed by atoms with Crippen LogP contribution >= 0.6 is 54.8 Å². The molecule has 0 radical (unpaired) electrons. The Kier molecular flexibility index (Phi) is 3.86. The van der Waals surface area contributed by atoms with Gasteiger partial charge in [-0.05, 0) is 61.7 Å². The lowest BCUT2D eigenvalue weighted by Crippen LogP contribution is -1.92. The van der Waals surface area contributed by atoms with Crippen molar-refractivity contribution < 1.29 is 0 Å². The maximum absolute atomic E-state index is 6.60. The Morgan fingerprint density at radius 1 is 1.22 bits per heavy atom. The van der Waals surface area contributed by atoms with Crippen molar-refractivity contribution in [1.82, 2.24) is 0 Å². The second kappa shape index (κ2) is 5.28. The molecule has 1 saturated carbocycles. The van der Waals surface area contributed by atoms with Crippen LogP contribution in [0.1, 0.15) is 28.2 Å². The van der Waals surface area contributed by atoms with Gasteiger partial charge in [-0.3, -0.25) is 0 Å². The van der Waals surface area contributed by atoms with Crippen LogP contribution in [-0.2, 0) is 0 Å². The van der Waals surface area contributed by atoms with E-state index in [-0.39, 0.29) is 5.38 Å². The van der Waals surface area contributed by atoms with E-state index < -0.39 is 0 Å². The molecule has 1 fully saturated rings. The smallest absolute Gasteiger partial charge is 0.0843 e. The molecule has 0 N–H and O–H groups in total. The number of halogens is 3. The summed E-state index contributed by atoms with van der Waals surface area (Å²) in [6.07, 6.45) is 1.20. The highest BCUT2D eigenvalue weighted by Gasteiger charge is 2.44. The highest BCUT2D eigenvalue weighted by Crippen LogP contribution is 2.57. The van der Waals surface area contributed by atoms with Crippen molar-refractivity contribution in [2.45, 2.75) is 17.7 Å². The quantitative estimate of drug-likeness (QED) is 0.521. The Morgan fingerprint density at radius 3 is 2.56 bits per heavy atom. The largest absolute Gasteiger partial charge is 0.130 e. The van der Waals surface area contributed by atoms with Crippen LogP contribution in [0.5, 0.6) is 0 Å². The Bertz CT molecular complexity index is 533. The Labute approximate surface area is 133 Å². The predicted octanol–water partition coefficient (Wildman–Crippen LogP) is 6.36. The second-order valence-corrected chi connectivity index (χ2v) is 8.32. The SMILES string of the molecule is ClC(c1cc(Br)c(Br)s1)C1CC1c1ccccc1. The van der Waals surface area contributed by atoms with Crippen LogP contribution in [-0.4, -0.2) is 0 Å². The van der Waals surface area contributed by atoms with Crippen molar-refractivity contribution in [3.05, 3.63) is 55.1 Å². The van der Waals surface area contributed by atoms with E-state index in [0.717, 1.165) is 8.26 Å². The highest BCUT2D eigenvalue weighted by molar-refractivity contribution is 9.13. The molecule has 1 aliphatic rings. The molecule has 1 aromatic carbocycles. The van der Waals surface area contributed by atoms with Crippen molar-refractivity contribution >= 4 is 54.8 Å². The van der Waals surface area contributed by atoms with Gasteiger partial charge in [-0.1, -0.05) is 30.3 Å². The first-order valence-corrected chi connectivity index (χ1v) is 8.64. The number of hydrogen-bond acceptors (Lipinski definition) is 1. The standard InChI is InChI=1S/C14H11Br2ClS/c15-11-7-12(18-14(11)16)13(17)10-6-9(10)8-4-2-1-3-5-8/h1-5,7,9-10,13H,6H2. The van der Waals surface area contributed by atoms with Crippen LogP contribution in [0.4, 0.5) is 0 Å². The zero-order valence-corrected chi connectivity index (χ0v) is 14.2. The first kappa shape index (κ1) is 13.2. The molecule has 0 aliphatic heterocycles. The Hall–Kier alpha value is 0.170. The van der Waals surface area contributed by atoms with E-state index in [1.165, 1.54) is 16.9 Å². The zero-order valence-electron chi connectivity index (χ0n) is 9.45. The third-order valence-corrected chi connectivity index (χ3v) is 7.41. The molecule has 18 heavy (non-hydrogen) atoms. The van der Waals surface area contributed by atoms with Crippen LogP contribution in [0.2, 0.25) is 0 Å². The van der Waals surface area contributed by atoms with Gasteiger partial charge in [-0.25, -0.2) is 0 Å². The maximum Gasteiger partial charge on any atom is 0.0843 e. The lowest BCUT2D eigenvalue weighted by atomic mass is 10.1. The average Bonchev–Trinajstić information content (AvgIpc) is 3.11. The molecule has 0 spiro atoms. The van der Waals surface area contributed by atoms with Gasteiger partial charge in [-0.15, -0.1) is 22.9 Å². The molecule has 94 valence electrons. The fourth-order valence-electron chi connectivity index (χ4n) is 2.33. The molecule has 4 heteroatoms. The molecule has 3 rings (SSSR count). The Morgan fingerprint density at radius 2 is 1.94 bits per heavy atom. The molecule has 0 saturated heterocycles. The summed E-state index contributed by atoms with van der Waals surface area (Å²) in [6.45, 7) is 0. The molecule has 0 nitrogen and oxygen atoms in total. The molecule has 3 atom stereocenters. The summed E-state index contributed by atoms with van der Waals surface area (Å²) < 4.78 is 2.23. The van der Waals surface area contributed by atoms with Crippen LogP contribution in [0.25, 0.3) is 0 Å². The first-order chi connectivity index (χ1) is 8.66. The molecular weight excluding hydrogens is 395 g/mol. The summed E-state index contributed by atoms with van der Waals surface area (Å²) in [5.41, 5.74) is 1.42. The van der Waals surface area contributed by atoms with Crippen molar-refractivity contribution in [2.24, 2.45) is 5.92 Å². The van der Waals surface area contributed by atoms with E-state index in [1.807, 2.05) is 0 Å². The van der Waals surface area contributed by atoms with Gasteiger partial charge < -0.3 is 0 Å². The fraction of sp³-hybridized carbons (Fsp3) is 0.286. The highest BCUT2D eigenvalue weighted by atomic mass is 79.9. The molecule has 1 heterocycles. The second-order valence-electron chi connectivity index (χ2n) is 4.59. The van der Waals surface area contributed by atoms with Gasteiger partial charge in [0.15, 0.2) is 0 Å². The maximum atomic E-state index is 6.60. The summed E-state index contributed by atoms with van der Waals surface area (Å²) in [5.74, 6) is 1.21. The molecule has 0 bridgehead atoms. The van der Waals surface area contributed by atoms with E-state index in [4.69, 9.17) is 11.6 Å². The van der Waals surface area contributed by atoms with Crippen LogP contribution in [0.3, 0.4) is 0 Å². The van der Waals surface area contributed by atoms with E-state index in [1.54, 1.807) is 11.3 Å². The molecular formula is C14H11Br2ClS. The number of thiophene rings is 1. The lowest BCUT2D eigenvalue weighted by molar-refractivity contribution is 0.776. The van der Waals surface area contributed by atoms with E-state index >= 15 is 0 Å². The minimum atomic E-state index is 0.128. The topological polar surface area (TPSA) is 0 Å². The van der Waals surface area contributed by atoms with Gasteiger partial charge in [-0.2, -0.15) is 0 Å². The molecule has 1 aromatic heterocycles. The minimum Gasteiger partial charge on any atom is -0.130 e. The predicted molar refractivity (Wildman–Crippen MR) is 85.6 cm³/mol. The van der Waals surface area contributed by atoms with Crippen LogP contribution in [0, 0.1) is 5.92 Å². The monoisotopic (exact) mass is 404 g/mol. The van der Waals surface area contributed by atoms with Crippen molar-refractivity contribution in [1.29, 1.82) is 0 Å². The summed E-state index contributed by atoms with van der Waals surface area (Å²) >= 11 is 15.4. The van der Waals surface area contributed by atoms with Crippen molar-refractivity contribution in [3.8, 4) is 0 Å². The van der Waals surface area contributed by atoms with E-state index in [0.29, 0.717) is 11.8 Å². The Balaban J connectivity index is 1.75. The summed E-state index contributed by atoms with van der Waals surface area (Å²) in [4.78, 5) is 1.25. The van der Waals surface area contributed by atoms with E-state index in [9.17, 15) is 0 Å². The van der Waals surface area contributed by atoms with Gasteiger partial charge in [0.2, 0.25) is 0 Å². The summed E-state index contributed by atoms with van der Waals surface area (Å²) in [7, 11) is 0. The summed E-state index contributed by atoms with van der Waals surface area (Å²) in [5, 5.41) is 0.128. The normalized spacial score (nSPS) is 23.9. The fourth-order valence-corrected chi connectivity index (χ4v) is 4.95. The lowest BCUT2D eigenvalue weighted by Gasteiger charge is -2.06. The van der Waals surface area contributed by atoms with Crippen molar-refractivity contribution in [3.63, 3.8) is 0 Å². The third-order valence-electron chi connectivity index (χ3n) is 3.38. The third kappa shape index (κ3) is 2.55. The van der Waals surface area contributed by atoms with Crippen LogP contribution in [0.15, 0.2) is 44.7 Å². The van der Waals surface area contributed by atoms with Gasteiger partial charge in [0.05, 0.1) is 9.16 Å². The molecule has 0 amide bonds. The first-order valence-electron chi connectivity index (χ1n) is 5.80. The number of rotatable bonds is 3. The van der Waals surface area contributed by atoms with Crippen LogP contribution < -0.4 is 0 Å². The number of alkyl halides is 1. The molecule has 1 aliphatic carbocycles. The van der Waals surface area contributed by atoms with Gasteiger partial charge >= 0.3 is 0 Å². The number of hydrogen-bond donors (Lipinski definition) is 0. The average molecular weight is 407 g/mol. The van der Waals surface area contributed by atoms with Gasteiger partial charge in [0.1, 0.15) is 0 Å². The van der Waals surface area contributed by atoms with E-state index in [2.05, 4.69) is 68.3 Å². The van der Waals surface area contributed by atoms with Gasteiger partial charge in [0, 0.05) is 9.35 Å². The summed E-state index contributed by atoms with van der Waals surface area (Å²) in [6, 6.07) is 12.8. The van der Waals surface area contributed by atoms with Crippen molar-refractivity contribution in [2.75, 3.05) is 0 Å². The molecule has 2 aromatic rings. The van der Waals surface area contributed by atoms with Gasteiger partial charge in [0.25, 0.3) is 0 Å².